The van der Waals surface area contributed by atoms with Crippen LogP contribution in [0.15, 0.2) is 0 Å². The highest BCUT2D eigenvalue weighted by Gasteiger charge is 2.13. The van der Waals surface area contributed by atoms with E-state index < -0.39 is 60.4 Å². The highest BCUT2D eigenvalue weighted by Crippen LogP contribution is 1.85. The van der Waals surface area contributed by atoms with Crippen LogP contribution >= 0.6 is 0 Å². The quantitative estimate of drug-likeness (QED) is 0.157. The normalized spacial score (nSPS) is 11.9. The third-order valence-corrected chi connectivity index (χ3v) is 2.17. The molecular formula is C13H28N6O11. The summed E-state index contributed by atoms with van der Waals surface area (Å²) in [6.07, 6.45) is -0.620. The molecule has 0 rings (SSSR count). The van der Waals surface area contributed by atoms with Crippen molar-refractivity contribution < 1.29 is 54.3 Å². The molecule has 0 aliphatic carbocycles. The predicted molar refractivity (Wildman–Crippen MR) is 98.2 cm³/mol. The number of rotatable bonds is 9. The van der Waals surface area contributed by atoms with Crippen molar-refractivity contribution >= 4 is 35.7 Å². The Morgan fingerprint density at radius 1 is 0.633 bits per heavy atom. The van der Waals surface area contributed by atoms with E-state index in [0.717, 1.165) is 0 Å². The second-order valence-electron chi connectivity index (χ2n) is 4.96. The number of carbonyl (C=O) groups excluding carboxylic acids is 2. The number of aliphatic hydroxyl groups is 1. The molecule has 176 valence electrons. The van der Waals surface area contributed by atoms with Gasteiger partial charge in [-0.1, -0.05) is 0 Å². The summed E-state index contributed by atoms with van der Waals surface area (Å²) in [5, 5.41) is 39.7. The smallest absolute Gasteiger partial charge is 0.322 e. The summed E-state index contributed by atoms with van der Waals surface area (Å²) in [4.78, 5) is 58.7. The second-order valence-corrected chi connectivity index (χ2v) is 4.96. The first-order valence-corrected chi connectivity index (χ1v) is 7.57. The molecule has 0 aromatic rings. The number of carboxylic acid groups (broad SMARTS) is 4. The Kier molecular flexibility index (Phi) is 23.2. The zero-order chi connectivity index (χ0) is 25.0. The van der Waals surface area contributed by atoms with Gasteiger partial charge in [0.25, 0.3) is 0 Å². The summed E-state index contributed by atoms with van der Waals surface area (Å²) in [5.74, 6) is -5.98. The number of hydrogen-bond donors (Lipinski definition) is 11. The third-order valence-electron chi connectivity index (χ3n) is 2.17. The molecular weight excluding hydrogens is 416 g/mol. The molecule has 3 atom stereocenters. The van der Waals surface area contributed by atoms with Crippen LogP contribution in [-0.2, 0) is 28.8 Å². The molecule has 17 heteroatoms. The van der Waals surface area contributed by atoms with Crippen molar-refractivity contribution in [2.75, 3.05) is 13.2 Å². The van der Waals surface area contributed by atoms with Crippen LogP contribution in [0, 0.1) is 0 Å². The van der Waals surface area contributed by atoms with E-state index in [9.17, 15) is 28.8 Å². The molecule has 0 aromatic carbocycles. The van der Waals surface area contributed by atoms with Crippen molar-refractivity contribution in [3.8, 4) is 0 Å². The molecule has 2 amide bonds. The monoisotopic (exact) mass is 444 g/mol. The van der Waals surface area contributed by atoms with E-state index in [4.69, 9.17) is 42.7 Å². The Morgan fingerprint density at radius 3 is 0.900 bits per heavy atom. The average molecular weight is 444 g/mol. The fourth-order valence-electron chi connectivity index (χ4n) is 0.686. The summed E-state index contributed by atoms with van der Waals surface area (Å²) in [6, 6.07) is -3.45. The minimum Gasteiger partial charge on any atom is -0.480 e. The lowest BCUT2D eigenvalue weighted by molar-refractivity contribution is -0.140. The number of primary amides is 2. The molecule has 0 bridgehead atoms. The van der Waals surface area contributed by atoms with Gasteiger partial charge in [-0.15, -0.1) is 0 Å². The van der Waals surface area contributed by atoms with Crippen molar-refractivity contribution in [2.45, 2.75) is 31.0 Å². The van der Waals surface area contributed by atoms with Crippen molar-refractivity contribution in [2.24, 2.45) is 34.4 Å². The lowest BCUT2D eigenvalue weighted by Crippen LogP contribution is -2.34. The number of carboxylic acids is 4. The van der Waals surface area contributed by atoms with Gasteiger partial charge in [0.05, 0.1) is 26.0 Å². The highest BCUT2D eigenvalue weighted by atomic mass is 16.4. The van der Waals surface area contributed by atoms with Gasteiger partial charge >= 0.3 is 23.9 Å². The highest BCUT2D eigenvalue weighted by molar-refractivity contribution is 5.83. The lowest BCUT2D eigenvalue weighted by Gasteiger charge is -1.99. The standard InChI is InChI=1S/2C4H8N2O3.C3H7NO3.C2H5NO2/c2*5-2(4(8)9)1-3(6)7;4-2(1-5)3(6)7;3-1-2(4)5/h2*2H,1,5H2,(H2,6,7)(H,8,9);2,5H,1,4H2,(H,6,7);1,3H2,(H,4,5)/t3*2-;/m000./s1. The van der Waals surface area contributed by atoms with E-state index in [0.29, 0.717) is 0 Å². The average Bonchev–Trinajstić information content (AvgIpc) is 2.61. The Morgan fingerprint density at radius 2 is 0.867 bits per heavy atom. The van der Waals surface area contributed by atoms with E-state index in [2.05, 4.69) is 17.2 Å². The van der Waals surface area contributed by atoms with E-state index in [-0.39, 0.29) is 19.4 Å². The number of carbonyl (C=O) groups is 6. The number of aliphatic hydroxyl groups excluding tert-OH is 1. The SMILES string of the molecule is NC(=O)C[C@H](N)C(=O)O.NC(=O)C[C@H](N)C(=O)O.NCC(=O)O.N[C@@H](CO)C(=O)O. The second kappa shape index (κ2) is 20.4. The molecule has 0 unspecified atom stereocenters. The molecule has 0 aromatic heterocycles. The zero-order valence-electron chi connectivity index (χ0n) is 15.7. The Balaban J connectivity index is -0.000000154. The van der Waals surface area contributed by atoms with Gasteiger partial charge in [-0.2, -0.15) is 0 Å². The van der Waals surface area contributed by atoms with Crippen molar-refractivity contribution in [3.05, 3.63) is 0 Å². The molecule has 0 heterocycles. The Hall–Kier alpha value is -3.38. The van der Waals surface area contributed by atoms with Gasteiger partial charge < -0.3 is 59.9 Å². The van der Waals surface area contributed by atoms with Crippen LogP contribution in [-0.4, -0.2) is 92.5 Å². The van der Waals surface area contributed by atoms with Gasteiger partial charge in [0, 0.05) is 0 Å². The first-order chi connectivity index (χ1) is 13.5. The van der Waals surface area contributed by atoms with E-state index >= 15 is 0 Å². The summed E-state index contributed by atoms with van der Waals surface area (Å²) in [7, 11) is 0. The van der Waals surface area contributed by atoms with E-state index in [1.54, 1.807) is 0 Å². The largest absolute Gasteiger partial charge is 0.480 e. The summed E-state index contributed by atoms with van der Waals surface area (Å²) >= 11 is 0. The van der Waals surface area contributed by atoms with Crippen molar-refractivity contribution in [3.63, 3.8) is 0 Å². The van der Waals surface area contributed by atoms with Crippen molar-refractivity contribution in [1.29, 1.82) is 0 Å². The third kappa shape index (κ3) is 32.3. The number of amides is 2. The molecule has 0 aliphatic rings. The summed E-state index contributed by atoms with van der Waals surface area (Å²) in [6.45, 7) is -0.782. The van der Waals surface area contributed by atoms with Gasteiger partial charge in [-0.25, -0.2) is 0 Å². The van der Waals surface area contributed by atoms with Crippen LogP contribution in [0.2, 0.25) is 0 Å². The molecule has 0 saturated carbocycles. The molecule has 0 aliphatic heterocycles. The zero-order valence-corrected chi connectivity index (χ0v) is 15.7. The van der Waals surface area contributed by atoms with Crippen LogP contribution in [0.5, 0.6) is 0 Å². The Labute approximate surface area is 169 Å². The maximum atomic E-state index is 9.99. The molecule has 0 saturated heterocycles. The first-order valence-electron chi connectivity index (χ1n) is 7.57. The fraction of sp³-hybridized carbons (Fsp3) is 0.538. The van der Waals surface area contributed by atoms with Crippen LogP contribution < -0.4 is 34.4 Å². The van der Waals surface area contributed by atoms with Crippen LogP contribution in [0.4, 0.5) is 0 Å². The van der Waals surface area contributed by atoms with Gasteiger partial charge in [0.15, 0.2) is 0 Å². The van der Waals surface area contributed by atoms with Crippen LogP contribution in [0.25, 0.3) is 0 Å². The molecule has 0 radical (unpaired) electrons. The minimum absolute atomic E-state index is 0.278. The first kappa shape index (κ1) is 34.1. The lowest BCUT2D eigenvalue weighted by atomic mass is 10.2. The van der Waals surface area contributed by atoms with Crippen molar-refractivity contribution in [1.82, 2.24) is 0 Å². The molecule has 30 heavy (non-hydrogen) atoms. The van der Waals surface area contributed by atoms with Crippen LogP contribution in [0.1, 0.15) is 12.8 Å². The van der Waals surface area contributed by atoms with Gasteiger partial charge in [0.2, 0.25) is 11.8 Å². The summed E-state index contributed by atoms with van der Waals surface area (Å²) in [5.41, 5.74) is 28.5. The van der Waals surface area contributed by atoms with E-state index in [1.807, 2.05) is 0 Å². The molecule has 17 nitrogen and oxygen atoms in total. The van der Waals surface area contributed by atoms with Gasteiger partial charge in [-0.3, -0.25) is 28.8 Å². The molecule has 17 N–H and O–H groups in total. The van der Waals surface area contributed by atoms with Crippen LogP contribution in [0.3, 0.4) is 0 Å². The number of hydrogen-bond acceptors (Lipinski definition) is 11. The van der Waals surface area contributed by atoms with E-state index in [1.165, 1.54) is 0 Å². The number of aliphatic carboxylic acids is 4. The molecule has 0 spiro atoms. The number of nitrogens with two attached hydrogens (primary N) is 6. The maximum absolute atomic E-state index is 9.99. The Bertz CT molecular complexity index is 540. The van der Waals surface area contributed by atoms with Gasteiger partial charge in [0.1, 0.15) is 18.1 Å². The molecule has 0 fully saturated rings. The predicted octanol–water partition coefficient (Wildman–Crippen LogP) is -6.03. The topological polar surface area (TPSA) is 360 Å². The van der Waals surface area contributed by atoms with Gasteiger partial charge in [-0.05, 0) is 0 Å². The maximum Gasteiger partial charge on any atom is 0.322 e. The fourth-order valence-corrected chi connectivity index (χ4v) is 0.686. The summed E-state index contributed by atoms with van der Waals surface area (Å²) < 4.78 is 0. The minimum atomic E-state index is -1.21.